The van der Waals surface area contributed by atoms with Crippen molar-refractivity contribution in [1.82, 2.24) is 15.5 Å². The third kappa shape index (κ3) is 6.13. The smallest absolute Gasteiger partial charge is 0.408 e. The molecule has 3 rings (SSSR count). The van der Waals surface area contributed by atoms with Crippen LogP contribution in [0, 0.1) is 17.3 Å². The molecule has 2 aliphatic heterocycles. The van der Waals surface area contributed by atoms with Crippen molar-refractivity contribution in [2.24, 2.45) is 23.0 Å². The highest BCUT2D eigenvalue weighted by molar-refractivity contribution is 6.37. The maximum absolute atomic E-state index is 13.7. The molecule has 0 unspecified atom stereocenters. The van der Waals surface area contributed by atoms with E-state index in [0.717, 1.165) is 25.7 Å². The molecule has 196 valence electrons. The van der Waals surface area contributed by atoms with E-state index in [1.54, 1.807) is 20.8 Å². The van der Waals surface area contributed by atoms with Gasteiger partial charge >= 0.3 is 6.09 Å². The highest BCUT2D eigenvalue weighted by Gasteiger charge is 2.69. The predicted molar refractivity (Wildman–Crippen MR) is 128 cm³/mol. The Morgan fingerprint density at radius 3 is 2.26 bits per heavy atom. The maximum Gasteiger partial charge on any atom is 0.408 e. The van der Waals surface area contributed by atoms with Crippen LogP contribution in [0.15, 0.2) is 0 Å². The fraction of sp³-hybridized carbons (Fsp3) is 0.800. The third-order valence-corrected chi connectivity index (χ3v) is 7.61. The molecular weight excluding hydrogens is 452 g/mol. The number of piperidine rings is 1. The monoisotopic (exact) mass is 492 g/mol. The quantitative estimate of drug-likeness (QED) is 0.510. The minimum atomic E-state index is -1.08. The van der Waals surface area contributed by atoms with E-state index < -0.39 is 47.4 Å². The number of carbonyl (C=O) groups excluding carboxylic acids is 5. The third-order valence-electron chi connectivity index (χ3n) is 7.61. The van der Waals surface area contributed by atoms with Gasteiger partial charge in [0.2, 0.25) is 17.6 Å². The molecule has 3 aliphatic rings. The molecule has 2 heterocycles. The number of alkyl carbamates (subject to hydrolysis) is 1. The number of ketones is 1. The van der Waals surface area contributed by atoms with Crippen LogP contribution < -0.4 is 16.4 Å². The van der Waals surface area contributed by atoms with E-state index in [4.69, 9.17) is 10.5 Å². The lowest BCUT2D eigenvalue weighted by atomic mass is 9.96. The number of primary amides is 1. The number of nitrogens with two attached hydrogens (primary N) is 1. The van der Waals surface area contributed by atoms with Gasteiger partial charge in [0, 0.05) is 6.54 Å². The molecule has 1 saturated carbocycles. The van der Waals surface area contributed by atoms with Gasteiger partial charge in [-0.05, 0) is 50.9 Å². The second-order valence-electron chi connectivity index (χ2n) is 11.7. The number of carbonyl (C=O) groups is 5. The SMILES string of the molecule is CC(C)(C)OC(=O)N[C@H]1CCCCCCC[C@@H](C(=O)C(N)=O)NC(=O)[C@@H]2[C@H]3[C@@H](CN2C1=O)C3(C)C. The standard InChI is InChI=1S/C25H40N4O6/c1-24(2,3)35-23(34)28-16-12-10-8-6-7-9-11-15(19(30)20(26)31)27-21(32)18-17-14(25(17,4)5)13-29(18)22(16)33/h14-18H,6-13H2,1-5H3,(H2,26,31)(H,27,32)(H,28,34)/t14-,15+,16+,17-,18+/m1/s1. The topological polar surface area (TPSA) is 148 Å². The van der Waals surface area contributed by atoms with E-state index in [-0.39, 0.29) is 23.2 Å². The van der Waals surface area contributed by atoms with Crippen LogP contribution in [0.3, 0.4) is 0 Å². The van der Waals surface area contributed by atoms with Gasteiger partial charge in [-0.1, -0.05) is 46.0 Å². The van der Waals surface area contributed by atoms with E-state index in [1.165, 1.54) is 4.90 Å². The lowest BCUT2D eigenvalue weighted by Gasteiger charge is -2.34. The van der Waals surface area contributed by atoms with Crippen molar-refractivity contribution in [3.05, 3.63) is 0 Å². The number of rotatable bonds is 3. The van der Waals surface area contributed by atoms with Gasteiger partial charge < -0.3 is 26.0 Å². The van der Waals surface area contributed by atoms with Gasteiger partial charge in [0.15, 0.2) is 0 Å². The first kappa shape index (κ1) is 26.9. The van der Waals surface area contributed by atoms with Crippen LogP contribution in [0.4, 0.5) is 4.79 Å². The van der Waals surface area contributed by atoms with E-state index in [0.29, 0.717) is 25.8 Å². The molecule has 0 spiro atoms. The molecule has 0 aromatic carbocycles. The van der Waals surface area contributed by atoms with E-state index >= 15 is 0 Å². The summed E-state index contributed by atoms with van der Waals surface area (Å²) in [5.74, 6) is -2.60. The molecule has 2 saturated heterocycles. The molecular formula is C25H40N4O6. The molecule has 10 heteroatoms. The highest BCUT2D eigenvalue weighted by atomic mass is 16.6. The largest absolute Gasteiger partial charge is 0.444 e. The number of amides is 4. The van der Waals surface area contributed by atoms with Crippen LogP contribution in [0.1, 0.15) is 79.6 Å². The van der Waals surface area contributed by atoms with E-state index in [2.05, 4.69) is 24.5 Å². The zero-order valence-corrected chi connectivity index (χ0v) is 21.5. The molecule has 1 aliphatic carbocycles. The minimum absolute atomic E-state index is 0.0640. The van der Waals surface area contributed by atoms with Gasteiger partial charge in [0.25, 0.3) is 5.91 Å². The van der Waals surface area contributed by atoms with Crippen molar-refractivity contribution in [3.63, 3.8) is 0 Å². The lowest BCUT2D eigenvalue weighted by Crippen LogP contribution is -2.58. The summed E-state index contributed by atoms with van der Waals surface area (Å²) in [5.41, 5.74) is 4.40. The normalized spacial score (nSPS) is 31.3. The molecule has 4 N–H and O–H groups in total. The van der Waals surface area contributed by atoms with Crippen LogP contribution in [-0.2, 0) is 23.9 Å². The van der Waals surface area contributed by atoms with Gasteiger partial charge in [-0.2, -0.15) is 0 Å². The molecule has 3 fully saturated rings. The van der Waals surface area contributed by atoms with Gasteiger partial charge in [-0.3, -0.25) is 19.2 Å². The first-order valence-electron chi connectivity index (χ1n) is 12.7. The number of nitrogens with zero attached hydrogens (tertiary/aromatic N) is 1. The first-order chi connectivity index (χ1) is 16.2. The number of ether oxygens (including phenoxy) is 1. The zero-order chi connectivity index (χ0) is 26.1. The summed E-state index contributed by atoms with van der Waals surface area (Å²) in [5, 5.41) is 5.46. The van der Waals surface area contributed by atoms with Crippen molar-refractivity contribution in [1.29, 1.82) is 0 Å². The Bertz CT molecular complexity index is 880. The second kappa shape index (κ2) is 10.1. The van der Waals surface area contributed by atoms with Crippen LogP contribution in [0.25, 0.3) is 0 Å². The summed E-state index contributed by atoms with van der Waals surface area (Å²) in [4.78, 5) is 65.2. The summed E-state index contributed by atoms with van der Waals surface area (Å²) < 4.78 is 5.37. The predicted octanol–water partition coefficient (Wildman–Crippen LogP) is 1.65. The van der Waals surface area contributed by atoms with Crippen LogP contribution in [0.5, 0.6) is 0 Å². The Kier molecular flexibility index (Phi) is 7.81. The zero-order valence-electron chi connectivity index (χ0n) is 21.5. The molecule has 35 heavy (non-hydrogen) atoms. The Labute approximate surface area is 207 Å². The summed E-state index contributed by atoms with van der Waals surface area (Å²) in [7, 11) is 0. The Balaban J connectivity index is 1.86. The molecule has 10 nitrogen and oxygen atoms in total. The molecule has 5 atom stereocenters. The van der Waals surface area contributed by atoms with Crippen molar-refractivity contribution in [3.8, 4) is 0 Å². The van der Waals surface area contributed by atoms with Crippen LogP contribution in [-0.4, -0.2) is 64.8 Å². The van der Waals surface area contributed by atoms with Gasteiger partial charge in [0.1, 0.15) is 17.7 Å². The minimum Gasteiger partial charge on any atom is -0.444 e. The molecule has 0 aromatic heterocycles. The summed E-state index contributed by atoms with van der Waals surface area (Å²) in [6.45, 7) is 9.78. The molecule has 0 bridgehead atoms. The molecule has 0 aromatic rings. The Morgan fingerprint density at radius 2 is 1.66 bits per heavy atom. The number of hydrogen-bond acceptors (Lipinski definition) is 6. The number of Topliss-reactive ketones (excluding diaryl/α,β-unsaturated/α-hetero) is 1. The lowest BCUT2D eigenvalue weighted by molar-refractivity contribution is -0.143. The highest BCUT2D eigenvalue weighted by Crippen LogP contribution is 2.64. The Morgan fingerprint density at radius 1 is 1.06 bits per heavy atom. The summed E-state index contributed by atoms with van der Waals surface area (Å²) in [6.07, 6.45) is 4.01. The van der Waals surface area contributed by atoms with Crippen molar-refractivity contribution in [2.45, 2.75) is 103 Å². The fourth-order valence-electron chi connectivity index (χ4n) is 5.65. The molecule has 4 amide bonds. The van der Waals surface area contributed by atoms with Crippen molar-refractivity contribution in [2.75, 3.05) is 6.54 Å². The number of hydrogen-bond donors (Lipinski definition) is 3. The van der Waals surface area contributed by atoms with E-state index in [1.807, 2.05) is 0 Å². The maximum atomic E-state index is 13.7. The van der Waals surface area contributed by atoms with Crippen molar-refractivity contribution < 1.29 is 28.7 Å². The van der Waals surface area contributed by atoms with Crippen molar-refractivity contribution >= 4 is 29.6 Å². The van der Waals surface area contributed by atoms with Crippen LogP contribution >= 0.6 is 0 Å². The van der Waals surface area contributed by atoms with Gasteiger partial charge in [-0.25, -0.2) is 4.79 Å². The molecule has 0 radical (unpaired) electrons. The van der Waals surface area contributed by atoms with Gasteiger partial charge in [0.05, 0.1) is 6.04 Å². The summed E-state index contributed by atoms with van der Waals surface area (Å²) >= 11 is 0. The average molecular weight is 493 g/mol. The number of nitrogens with one attached hydrogen (secondary N) is 2. The number of fused-ring (bicyclic) bond motifs is 3. The summed E-state index contributed by atoms with van der Waals surface area (Å²) in [6, 6.07) is -2.60. The van der Waals surface area contributed by atoms with Gasteiger partial charge in [-0.15, -0.1) is 0 Å². The van der Waals surface area contributed by atoms with Crippen LogP contribution in [0.2, 0.25) is 0 Å². The average Bonchev–Trinajstić information content (AvgIpc) is 3.08. The fourth-order valence-corrected chi connectivity index (χ4v) is 5.65. The van der Waals surface area contributed by atoms with E-state index in [9.17, 15) is 24.0 Å². The first-order valence-corrected chi connectivity index (χ1v) is 12.7. The second-order valence-corrected chi connectivity index (χ2v) is 11.7. The Hall–Kier alpha value is -2.65.